The van der Waals surface area contributed by atoms with E-state index in [1.54, 1.807) is 17.7 Å². The summed E-state index contributed by atoms with van der Waals surface area (Å²) in [4.78, 5) is 9.62. The summed E-state index contributed by atoms with van der Waals surface area (Å²) in [5.74, 6) is -0.0842. The molecule has 0 aromatic rings. The van der Waals surface area contributed by atoms with Gasteiger partial charge in [-0.1, -0.05) is 16.9 Å². The molecule has 0 radical (unpaired) electrons. The summed E-state index contributed by atoms with van der Waals surface area (Å²) in [6, 6.07) is 0. The summed E-state index contributed by atoms with van der Waals surface area (Å²) in [7, 11) is 0.912. The maximum Gasteiger partial charge on any atom is 0.332 e. The molecule has 0 aromatic carbocycles. The minimum Gasteiger partial charge on any atom is -0.479 e. The lowest BCUT2D eigenvalue weighted by molar-refractivity contribution is -0.139. The third-order valence-corrected chi connectivity index (χ3v) is 6.56. The van der Waals surface area contributed by atoms with Crippen LogP contribution in [-0.2, 0) is 4.79 Å². The average Bonchev–Trinajstić information content (AvgIpc) is 2.37. The second-order valence-corrected chi connectivity index (χ2v) is 6.98. The highest BCUT2D eigenvalue weighted by atomic mass is 33.1. The molecule has 3 nitrogen and oxygen atoms in total. The number of carboxylic acids is 1. The highest BCUT2D eigenvalue weighted by Crippen LogP contribution is 2.53. The summed E-state index contributed by atoms with van der Waals surface area (Å²) in [5, 5.41) is 10.7. The zero-order chi connectivity index (χ0) is 8.48. The lowest BCUT2D eigenvalue weighted by Gasteiger charge is -2.28. The molecule has 0 saturated carbocycles. The molecule has 0 saturated heterocycles. The molecule has 0 aliphatic carbocycles. The number of carboxylic acid groups (broad SMARTS) is 1. The molecular weight excluding hydrogens is 182 g/mol. The van der Waals surface area contributed by atoms with Gasteiger partial charge in [0.05, 0.1) is 0 Å². The van der Waals surface area contributed by atoms with Crippen LogP contribution in [0.3, 0.4) is 0 Å². The first-order chi connectivity index (χ1) is 5.05. The Morgan fingerprint density at radius 3 is 2.91 bits per heavy atom. The summed E-state index contributed by atoms with van der Waals surface area (Å²) in [5.41, 5.74) is 5.63. The smallest absolute Gasteiger partial charge is 0.332 e. The molecule has 11 heavy (non-hydrogen) atoms. The van der Waals surface area contributed by atoms with Crippen molar-refractivity contribution in [3.63, 3.8) is 0 Å². The predicted octanol–water partition coefficient (Wildman–Crippen LogP) is 0.923. The third-order valence-electron chi connectivity index (χ3n) is 1.51. The zero-order valence-electron chi connectivity index (χ0n) is 6.15. The molecule has 0 spiro atoms. The van der Waals surface area contributed by atoms with Crippen LogP contribution < -0.4 is 5.73 Å². The maximum absolute atomic E-state index is 10.7. The van der Waals surface area contributed by atoms with Gasteiger partial charge in [0.25, 0.3) is 0 Å². The van der Waals surface area contributed by atoms with E-state index in [1.807, 2.05) is 11.5 Å². The fourth-order valence-electron chi connectivity index (χ4n) is 0.704. The normalized spacial score (nSPS) is 31.6. The average molecular weight is 193 g/mol. The molecular formula is C6H11NO2S2. The monoisotopic (exact) mass is 193 g/mol. The number of rotatable bonds is 2. The van der Waals surface area contributed by atoms with Crippen LogP contribution >= 0.6 is 20.7 Å². The molecule has 2 atom stereocenters. The van der Waals surface area contributed by atoms with Crippen molar-refractivity contribution in [2.24, 2.45) is 5.73 Å². The van der Waals surface area contributed by atoms with Gasteiger partial charge in [-0.25, -0.2) is 4.79 Å². The molecule has 5 heteroatoms. The summed E-state index contributed by atoms with van der Waals surface area (Å²) < 4.78 is 0. The SMILES string of the molecule is C[C@](N)(C(=O)O)[SH]1CC=CS1. The van der Waals surface area contributed by atoms with E-state index in [-0.39, 0.29) is 0 Å². The zero-order valence-corrected chi connectivity index (χ0v) is 7.86. The van der Waals surface area contributed by atoms with Crippen LogP contribution in [0.4, 0.5) is 0 Å². The summed E-state index contributed by atoms with van der Waals surface area (Å²) >= 11 is 0. The molecule has 1 heterocycles. The van der Waals surface area contributed by atoms with Crippen LogP contribution in [0.2, 0.25) is 0 Å². The van der Waals surface area contributed by atoms with Crippen molar-refractivity contribution in [2.75, 3.05) is 5.75 Å². The van der Waals surface area contributed by atoms with Gasteiger partial charge in [-0.15, -0.1) is 0 Å². The van der Waals surface area contributed by atoms with Crippen molar-refractivity contribution in [1.82, 2.24) is 0 Å². The minimum atomic E-state index is -1.04. The number of nitrogens with two attached hydrogens (primary N) is 1. The van der Waals surface area contributed by atoms with Crippen molar-refractivity contribution < 1.29 is 9.90 Å². The van der Waals surface area contributed by atoms with E-state index in [0.29, 0.717) is 0 Å². The fourth-order valence-corrected chi connectivity index (χ4v) is 4.48. The quantitative estimate of drug-likeness (QED) is 0.451. The van der Waals surface area contributed by atoms with Gasteiger partial charge in [0.15, 0.2) is 0 Å². The van der Waals surface area contributed by atoms with Crippen LogP contribution in [0.1, 0.15) is 6.92 Å². The van der Waals surface area contributed by atoms with Crippen LogP contribution in [0.5, 0.6) is 0 Å². The van der Waals surface area contributed by atoms with Gasteiger partial charge in [0.1, 0.15) is 4.87 Å². The topological polar surface area (TPSA) is 63.3 Å². The van der Waals surface area contributed by atoms with Gasteiger partial charge >= 0.3 is 5.97 Å². The Morgan fingerprint density at radius 1 is 1.91 bits per heavy atom. The lowest BCUT2D eigenvalue weighted by Crippen LogP contribution is -2.43. The molecule has 64 valence electrons. The van der Waals surface area contributed by atoms with Crippen molar-refractivity contribution in [2.45, 2.75) is 11.8 Å². The Kier molecular flexibility index (Phi) is 2.51. The first kappa shape index (κ1) is 8.96. The van der Waals surface area contributed by atoms with E-state index in [0.717, 1.165) is 5.75 Å². The van der Waals surface area contributed by atoms with Crippen LogP contribution in [0.25, 0.3) is 0 Å². The highest BCUT2D eigenvalue weighted by molar-refractivity contribution is 8.87. The Balaban J connectivity index is 2.65. The number of thiol groups is 1. The molecule has 1 aliphatic heterocycles. The number of hydrogen-bond acceptors (Lipinski definition) is 3. The van der Waals surface area contributed by atoms with E-state index in [1.165, 1.54) is 0 Å². The standard InChI is InChI=1S/C6H11NO2S2/c1-6(7,5(8)9)11-4-2-3-10-11/h2-3,11H,4,7H2,1H3,(H,8,9)/t6-/m1/s1. The van der Waals surface area contributed by atoms with Gasteiger partial charge in [0, 0.05) is 5.75 Å². The van der Waals surface area contributed by atoms with Crippen molar-refractivity contribution >= 4 is 26.7 Å². The molecule has 1 aliphatic rings. The molecule has 1 unspecified atom stereocenters. The van der Waals surface area contributed by atoms with Crippen molar-refractivity contribution in [3.8, 4) is 0 Å². The second kappa shape index (κ2) is 3.08. The largest absolute Gasteiger partial charge is 0.479 e. The Hall–Kier alpha value is -0.130. The van der Waals surface area contributed by atoms with Crippen molar-refractivity contribution in [3.05, 3.63) is 11.5 Å². The van der Waals surface area contributed by atoms with E-state index in [9.17, 15) is 4.79 Å². The van der Waals surface area contributed by atoms with E-state index in [4.69, 9.17) is 10.8 Å². The van der Waals surface area contributed by atoms with Crippen molar-refractivity contribution in [1.29, 1.82) is 0 Å². The number of carbonyl (C=O) groups is 1. The van der Waals surface area contributed by atoms with Crippen LogP contribution in [0.15, 0.2) is 11.5 Å². The number of hydrogen-bond donors (Lipinski definition) is 3. The molecule has 0 amide bonds. The van der Waals surface area contributed by atoms with Gasteiger partial charge in [0.2, 0.25) is 0 Å². The van der Waals surface area contributed by atoms with Gasteiger partial charge in [-0.3, -0.25) is 0 Å². The first-order valence-corrected chi connectivity index (χ1v) is 6.18. The van der Waals surface area contributed by atoms with E-state index < -0.39 is 20.8 Å². The third kappa shape index (κ3) is 1.72. The predicted molar refractivity (Wildman–Crippen MR) is 50.8 cm³/mol. The molecule has 0 aromatic heterocycles. The molecule has 0 fully saturated rings. The summed E-state index contributed by atoms with van der Waals surface area (Å²) in [6.45, 7) is 1.58. The fraction of sp³-hybridized carbons (Fsp3) is 0.500. The molecule has 3 N–H and O–H groups in total. The van der Waals surface area contributed by atoms with E-state index >= 15 is 0 Å². The van der Waals surface area contributed by atoms with Gasteiger partial charge in [-0.2, -0.15) is 9.93 Å². The summed E-state index contributed by atoms with van der Waals surface area (Å²) in [6.07, 6.45) is 1.98. The Labute approximate surface area is 71.8 Å². The Morgan fingerprint density at radius 2 is 2.55 bits per heavy atom. The van der Waals surface area contributed by atoms with Crippen LogP contribution in [-0.4, -0.2) is 21.7 Å². The molecule has 0 bridgehead atoms. The maximum atomic E-state index is 10.7. The van der Waals surface area contributed by atoms with E-state index in [2.05, 4.69) is 0 Å². The minimum absolute atomic E-state index is 0.644. The second-order valence-electron chi connectivity index (χ2n) is 2.49. The molecule has 1 rings (SSSR count). The van der Waals surface area contributed by atoms with Crippen LogP contribution in [0, 0.1) is 0 Å². The van der Waals surface area contributed by atoms with Gasteiger partial charge in [-0.05, 0) is 12.3 Å². The lowest BCUT2D eigenvalue weighted by atomic mass is 10.4. The number of aliphatic carboxylic acids is 1. The van der Waals surface area contributed by atoms with Gasteiger partial charge < -0.3 is 10.8 Å². The highest BCUT2D eigenvalue weighted by Gasteiger charge is 2.35. The Bertz CT molecular complexity index is 195. The first-order valence-electron chi connectivity index (χ1n) is 3.17.